The smallest absolute Gasteiger partial charge is 0.223 e. The Morgan fingerprint density at radius 1 is 1.19 bits per heavy atom. The summed E-state index contributed by atoms with van der Waals surface area (Å²) >= 11 is 0. The Morgan fingerprint density at radius 3 is 2.96 bits per heavy atom. The van der Waals surface area contributed by atoms with Crippen LogP contribution in [0.2, 0.25) is 0 Å². The van der Waals surface area contributed by atoms with E-state index in [-0.39, 0.29) is 6.04 Å². The van der Waals surface area contributed by atoms with Crippen LogP contribution in [0.5, 0.6) is 0 Å². The van der Waals surface area contributed by atoms with E-state index in [1.807, 2.05) is 24.5 Å². The van der Waals surface area contributed by atoms with Crippen LogP contribution >= 0.6 is 0 Å². The SMILES string of the molecule is COC[C@H](N)CNc1ncc2cncc(-c3c[nH]c4ccccc34)c2n1. The molecule has 4 aromatic rings. The lowest BCUT2D eigenvalue weighted by Crippen LogP contribution is -2.33. The number of aromatic amines is 1. The second-order valence-corrected chi connectivity index (χ2v) is 6.16. The van der Waals surface area contributed by atoms with Gasteiger partial charge in [-0.2, -0.15) is 0 Å². The maximum absolute atomic E-state index is 5.96. The summed E-state index contributed by atoms with van der Waals surface area (Å²) in [5, 5.41) is 5.20. The van der Waals surface area contributed by atoms with E-state index in [4.69, 9.17) is 15.5 Å². The van der Waals surface area contributed by atoms with Gasteiger partial charge in [0.25, 0.3) is 0 Å². The summed E-state index contributed by atoms with van der Waals surface area (Å²) in [7, 11) is 1.63. The van der Waals surface area contributed by atoms with Crippen molar-refractivity contribution < 1.29 is 4.74 Å². The van der Waals surface area contributed by atoms with Gasteiger partial charge in [0.2, 0.25) is 5.95 Å². The maximum Gasteiger partial charge on any atom is 0.223 e. The molecule has 0 radical (unpaired) electrons. The Bertz CT molecular complexity index is 1040. The summed E-state index contributed by atoms with van der Waals surface area (Å²) < 4.78 is 5.05. The van der Waals surface area contributed by atoms with Crippen LogP contribution < -0.4 is 11.1 Å². The van der Waals surface area contributed by atoms with Crippen molar-refractivity contribution in [2.24, 2.45) is 5.73 Å². The van der Waals surface area contributed by atoms with Gasteiger partial charge in [-0.25, -0.2) is 9.97 Å². The van der Waals surface area contributed by atoms with Crippen LogP contribution in [-0.4, -0.2) is 46.2 Å². The Morgan fingerprint density at radius 2 is 2.08 bits per heavy atom. The predicted molar refractivity (Wildman–Crippen MR) is 103 cm³/mol. The number of nitrogens with two attached hydrogens (primary N) is 1. The minimum Gasteiger partial charge on any atom is -0.383 e. The number of hydrogen-bond donors (Lipinski definition) is 3. The molecule has 1 aromatic carbocycles. The molecule has 0 amide bonds. The number of benzene rings is 1. The number of rotatable bonds is 6. The second kappa shape index (κ2) is 7.07. The summed E-state index contributed by atoms with van der Waals surface area (Å²) in [6.45, 7) is 1.01. The zero-order valence-electron chi connectivity index (χ0n) is 14.4. The van der Waals surface area contributed by atoms with Crippen molar-refractivity contribution >= 4 is 27.8 Å². The number of anilines is 1. The molecular formula is C19H20N6O. The Balaban J connectivity index is 1.74. The number of nitrogens with zero attached hydrogens (tertiary/aromatic N) is 3. The minimum atomic E-state index is -0.121. The highest BCUT2D eigenvalue weighted by molar-refractivity contribution is 6.03. The van der Waals surface area contributed by atoms with Gasteiger partial charge in [-0.05, 0) is 6.07 Å². The number of H-pyrrole nitrogens is 1. The molecule has 0 aliphatic rings. The normalized spacial score (nSPS) is 12.5. The minimum absolute atomic E-state index is 0.121. The van der Waals surface area contributed by atoms with Crippen molar-refractivity contribution in [1.29, 1.82) is 0 Å². The van der Waals surface area contributed by atoms with Gasteiger partial charge in [-0.3, -0.25) is 4.98 Å². The molecule has 0 saturated carbocycles. The van der Waals surface area contributed by atoms with Gasteiger partial charge in [0.1, 0.15) is 0 Å². The van der Waals surface area contributed by atoms with E-state index < -0.39 is 0 Å². The zero-order valence-corrected chi connectivity index (χ0v) is 14.4. The number of nitrogens with one attached hydrogen (secondary N) is 2. The van der Waals surface area contributed by atoms with E-state index in [1.165, 1.54) is 0 Å². The number of hydrogen-bond acceptors (Lipinski definition) is 6. The third-order valence-corrected chi connectivity index (χ3v) is 4.27. The molecule has 0 saturated heterocycles. The molecule has 0 unspecified atom stereocenters. The topological polar surface area (TPSA) is 102 Å². The molecule has 0 fully saturated rings. The Kier molecular flexibility index (Phi) is 4.47. The highest BCUT2D eigenvalue weighted by atomic mass is 16.5. The third-order valence-electron chi connectivity index (χ3n) is 4.27. The van der Waals surface area contributed by atoms with Gasteiger partial charge in [0.15, 0.2) is 0 Å². The largest absolute Gasteiger partial charge is 0.383 e. The van der Waals surface area contributed by atoms with Crippen LogP contribution in [0, 0.1) is 0 Å². The molecule has 132 valence electrons. The van der Waals surface area contributed by atoms with Crippen molar-refractivity contribution in [3.05, 3.63) is 49.1 Å². The molecule has 26 heavy (non-hydrogen) atoms. The van der Waals surface area contributed by atoms with Crippen molar-refractivity contribution in [2.45, 2.75) is 6.04 Å². The summed E-state index contributed by atoms with van der Waals surface area (Å²) in [5.41, 5.74) is 9.92. The van der Waals surface area contributed by atoms with Gasteiger partial charge in [0, 0.05) is 71.9 Å². The van der Waals surface area contributed by atoms with Gasteiger partial charge >= 0.3 is 0 Å². The van der Waals surface area contributed by atoms with Crippen molar-refractivity contribution in [2.75, 3.05) is 25.6 Å². The fraction of sp³-hybridized carbons (Fsp3) is 0.211. The molecule has 0 aliphatic heterocycles. The van der Waals surface area contributed by atoms with E-state index in [0.717, 1.165) is 32.9 Å². The van der Waals surface area contributed by atoms with E-state index in [0.29, 0.717) is 19.1 Å². The first-order valence-electron chi connectivity index (χ1n) is 8.42. The standard InChI is InChI=1S/C19H20N6O/c1-26-11-13(20)8-24-19-23-7-12-6-21-9-16(18(12)25-19)15-10-22-17-5-3-2-4-14(15)17/h2-7,9-10,13,22H,8,11,20H2,1H3,(H,23,24,25)/t13-/m1/s1. The van der Waals surface area contributed by atoms with E-state index in [9.17, 15) is 0 Å². The zero-order chi connectivity index (χ0) is 17.9. The molecule has 0 bridgehead atoms. The van der Waals surface area contributed by atoms with Crippen LogP contribution in [0.15, 0.2) is 49.1 Å². The first kappa shape index (κ1) is 16.4. The molecule has 7 heteroatoms. The molecule has 3 aromatic heterocycles. The van der Waals surface area contributed by atoms with E-state index in [2.05, 4.69) is 32.4 Å². The average molecular weight is 348 g/mol. The molecule has 3 heterocycles. The quantitative estimate of drug-likeness (QED) is 0.495. The van der Waals surface area contributed by atoms with Crippen LogP contribution in [0.3, 0.4) is 0 Å². The van der Waals surface area contributed by atoms with Gasteiger partial charge in [-0.15, -0.1) is 0 Å². The monoisotopic (exact) mass is 348 g/mol. The number of methoxy groups -OCH3 is 1. The predicted octanol–water partition coefficient (Wildman–Crippen LogP) is 2.56. The molecule has 4 N–H and O–H groups in total. The first-order chi connectivity index (χ1) is 12.8. The number of para-hydroxylation sites is 1. The van der Waals surface area contributed by atoms with E-state index in [1.54, 1.807) is 19.5 Å². The summed E-state index contributed by atoms with van der Waals surface area (Å²) in [6.07, 6.45) is 7.38. The number of pyridine rings is 1. The lowest BCUT2D eigenvalue weighted by atomic mass is 10.0. The second-order valence-electron chi connectivity index (χ2n) is 6.16. The van der Waals surface area contributed by atoms with Crippen LogP contribution in [0.1, 0.15) is 0 Å². The number of fused-ring (bicyclic) bond motifs is 2. The van der Waals surface area contributed by atoms with Crippen LogP contribution in [0.4, 0.5) is 5.95 Å². The summed E-state index contributed by atoms with van der Waals surface area (Å²) in [5.74, 6) is 0.538. The van der Waals surface area contributed by atoms with Crippen molar-refractivity contribution in [1.82, 2.24) is 19.9 Å². The number of ether oxygens (including phenoxy) is 1. The molecule has 1 atom stereocenters. The Labute approximate surface area is 150 Å². The average Bonchev–Trinajstić information content (AvgIpc) is 3.10. The summed E-state index contributed by atoms with van der Waals surface area (Å²) in [4.78, 5) is 16.7. The molecule has 0 aliphatic carbocycles. The molecule has 0 spiro atoms. The van der Waals surface area contributed by atoms with Crippen LogP contribution in [-0.2, 0) is 4.74 Å². The molecular weight excluding hydrogens is 328 g/mol. The van der Waals surface area contributed by atoms with Crippen molar-refractivity contribution in [3.8, 4) is 11.1 Å². The fourth-order valence-electron chi connectivity index (χ4n) is 3.03. The fourth-order valence-corrected chi connectivity index (χ4v) is 3.03. The van der Waals surface area contributed by atoms with Crippen molar-refractivity contribution in [3.63, 3.8) is 0 Å². The lowest BCUT2D eigenvalue weighted by molar-refractivity contribution is 0.183. The van der Waals surface area contributed by atoms with Crippen LogP contribution in [0.25, 0.3) is 32.9 Å². The highest BCUT2D eigenvalue weighted by Crippen LogP contribution is 2.32. The first-order valence-corrected chi connectivity index (χ1v) is 8.42. The van der Waals surface area contributed by atoms with Gasteiger partial charge in [0.05, 0.1) is 12.1 Å². The molecule has 4 rings (SSSR count). The highest BCUT2D eigenvalue weighted by Gasteiger charge is 2.12. The maximum atomic E-state index is 5.96. The van der Waals surface area contributed by atoms with Gasteiger partial charge in [-0.1, -0.05) is 18.2 Å². The Hall–Kier alpha value is -3.03. The summed E-state index contributed by atoms with van der Waals surface area (Å²) in [6, 6.07) is 8.06. The molecule has 7 nitrogen and oxygen atoms in total. The lowest BCUT2D eigenvalue weighted by Gasteiger charge is -2.12. The van der Waals surface area contributed by atoms with Gasteiger partial charge < -0.3 is 20.8 Å². The number of aromatic nitrogens is 4. The van der Waals surface area contributed by atoms with E-state index >= 15 is 0 Å². The third kappa shape index (κ3) is 3.10.